The van der Waals surface area contributed by atoms with Crippen LogP contribution in [0.15, 0.2) is 109 Å². The number of nitrogens with two attached hydrogens (primary N) is 1. The van der Waals surface area contributed by atoms with E-state index in [0.29, 0.717) is 117 Å². The molecule has 130 heavy (non-hydrogen) atoms. The van der Waals surface area contributed by atoms with Crippen LogP contribution in [0.5, 0.6) is 17.2 Å². The normalized spacial score (nSPS) is 27.4. The molecule has 12 atom stereocenters. The fourth-order valence-electron chi connectivity index (χ4n) is 20.7. The number of ether oxygens (including phenoxy) is 7. The summed E-state index contributed by atoms with van der Waals surface area (Å²) >= 11 is 11.5. The Balaban J connectivity index is 0.000000148. The summed E-state index contributed by atoms with van der Waals surface area (Å²) in [5.41, 5.74) is 4.36. The highest BCUT2D eigenvalue weighted by atomic mass is 35.5. The number of carboxylic acid groups (broad SMARTS) is 2. The predicted octanol–water partition coefficient (Wildman–Crippen LogP) is 18.6. The highest BCUT2D eigenvalue weighted by Gasteiger charge is 2.59. The standard InChI is InChI=1S/C33H38F4N2O5.C31H34ClF3N2O5.C24H33NO5.C8H7ClF3NO/c1-3-42-30(40)22-6-4-5-21(13-22)27-10-12-38(16-20(27)2)26-9-11-32(44-18-26,24-7-8-24)31(41)39-17-23-14-25(33(35,36)37)15-28(34)29(23)43-19-39;1-18-14-36(10-8-25(18)19-3-2-4-20(11-19)28(38)39)24-7-9-30(42-16-24,22-5-6-22)29(40)37-15-21-12-23(31(33,34)35)13-26(32)27(21)41-17-37;1-3-29-22(26)18-6-4-5-17(13-18)21-10-12-25(14-16(21)2)20-9-11-24(23(27)28,30-15-20)19-7-8-19;9-6-2-5(8(10,11)12)1-4(3-13)7(6)14/h4-6,13-15,20,24,26-27H,3,7-12,16-19H2,1-2H3;2-4,11-13,18,22,24-25H,5-10,14-17H2,1H3,(H,38,39);4-6,13,16,19-21H,3,7-12,14-15H2,1-2H3,(H,27,28);1-2,14H,3,13H2/t20-,26+,27-,32-;18-,24+,25-,30-;16-,20+,21-,24-;/m000./s1. The zero-order valence-corrected chi connectivity index (χ0v) is 74.8. The van der Waals surface area contributed by atoms with E-state index in [1.54, 1.807) is 31.2 Å². The number of esters is 2. The van der Waals surface area contributed by atoms with Crippen LogP contribution in [0.4, 0.5) is 43.9 Å². The van der Waals surface area contributed by atoms with Crippen molar-refractivity contribution in [3.05, 3.63) is 192 Å². The Morgan fingerprint density at radius 3 is 1.20 bits per heavy atom. The van der Waals surface area contributed by atoms with E-state index >= 15 is 0 Å². The van der Waals surface area contributed by atoms with Crippen LogP contribution in [0.2, 0.25) is 10.0 Å². The summed E-state index contributed by atoms with van der Waals surface area (Å²) < 4.78 is 172. The number of phenolic OH excluding ortho intramolecular Hbond substituents is 1. The number of rotatable bonds is 18. The van der Waals surface area contributed by atoms with E-state index in [4.69, 9.17) is 62.1 Å². The highest BCUT2D eigenvalue weighted by molar-refractivity contribution is 6.32. The minimum Gasteiger partial charge on any atom is -0.506 e. The second-order valence-electron chi connectivity index (χ2n) is 36.6. The van der Waals surface area contributed by atoms with Crippen molar-refractivity contribution < 1.29 is 121 Å². The number of amides is 2. The van der Waals surface area contributed by atoms with Crippen LogP contribution in [0.25, 0.3) is 0 Å². The molecular weight excluding hydrogens is 1750 g/mol. The minimum atomic E-state index is -4.71. The van der Waals surface area contributed by atoms with Crippen LogP contribution in [0.3, 0.4) is 0 Å². The van der Waals surface area contributed by atoms with Gasteiger partial charge in [0.15, 0.2) is 30.6 Å². The Bertz CT molecular complexity index is 5090. The van der Waals surface area contributed by atoms with Crippen LogP contribution < -0.4 is 15.2 Å². The summed E-state index contributed by atoms with van der Waals surface area (Å²) in [5, 5.41) is 27.9. The number of aliphatic carboxylic acids is 1. The molecule has 0 unspecified atom stereocenters. The fraction of sp³-hybridized carbons (Fsp3) is 0.562. The molecule has 0 bridgehead atoms. The van der Waals surface area contributed by atoms with Gasteiger partial charge in [-0.25, -0.2) is 23.6 Å². The molecule has 0 spiro atoms. The third kappa shape index (κ3) is 21.6. The summed E-state index contributed by atoms with van der Waals surface area (Å²) in [6.45, 7) is 16.9. The van der Waals surface area contributed by atoms with Gasteiger partial charge in [-0.05, 0) is 273 Å². The van der Waals surface area contributed by atoms with Gasteiger partial charge in [0.25, 0.3) is 11.8 Å². The van der Waals surface area contributed by atoms with E-state index in [1.807, 2.05) is 43.3 Å². The number of halogens is 12. The first-order valence-corrected chi connectivity index (χ1v) is 45.7. The molecule has 17 rings (SSSR count). The predicted molar refractivity (Wildman–Crippen MR) is 459 cm³/mol. The van der Waals surface area contributed by atoms with Crippen LogP contribution in [-0.4, -0.2) is 196 Å². The monoisotopic (exact) mass is 1860 g/mol. The Morgan fingerprint density at radius 2 is 0.838 bits per heavy atom. The quantitative estimate of drug-likeness (QED) is 0.0460. The zero-order chi connectivity index (χ0) is 93.3. The lowest BCUT2D eigenvalue weighted by atomic mass is 9.79. The van der Waals surface area contributed by atoms with Crippen molar-refractivity contribution in [1.82, 2.24) is 24.5 Å². The first-order valence-electron chi connectivity index (χ1n) is 44.9. The second kappa shape index (κ2) is 40.1. The molecule has 3 saturated carbocycles. The van der Waals surface area contributed by atoms with Crippen molar-refractivity contribution in [2.75, 3.05) is 85.8 Å². The molecule has 11 aliphatic rings. The Morgan fingerprint density at radius 1 is 0.477 bits per heavy atom. The van der Waals surface area contributed by atoms with Crippen LogP contribution in [0.1, 0.15) is 230 Å². The van der Waals surface area contributed by atoms with Gasteiger partial charge in [0.1, 0.15) is 22.7 Å². The molecule has 22 nitrogen and oxygen atoms in total. The van der Waals surface area contributed by atoms with E-state index in [9.17, 15) is 88.0 Å². The van der Waals surface area contributed by atoms with Crippen molar-refractivity contribution in [3.63, 3.8) is 0 Å². The molecule has 2 amide bonds. The number of alkyl halides is 9. The van der Waals surface area contributed by atoms with E-state index in [2.05, 4.69) is 47.6 Å². The van der Waals surface area contributed by atoms with Crippen molar-refractivity contribution in [2.45, 2.75) is 222 Å². The minimum absolute atomic E-state index is 0.00112. The number of carboxylic acids is 2. The maximum absolute atomic E-state index is 14.4. The van der Waals surface area contributed by atoms with Crippen LogP contribution >= 0.6 is 23.2 Å². The topological polar surface area (TPSA) is 270 Å². The molecule has 0 radical (unpaired) electrons. The van der Waals surface area contributed by atoms with Gasteiger partial charge in [0.2, 0.25) is 0 Å². The number of likely N-dealkylation sites (tertiary alicyclic amines) is 3. The lowest BCUT2D eigenvalue weighted by Crippen LogP contribution is -2.59. The van der Waals surface area contributed by atoms with Crippen molar-refractivity contribution >= 4 is 58.9 Å². The molecule has 5 N–H and O–H groups in total. The summed E-state index contributed by atoms with van der Waals surface area (Å²) in [7, 11) is 0. The third-order valence-corrected chi connectivity index (χ3v) is 28.7. The van der Waals surface area contributed by atoms with Gasteiger partial charge in [-0.1, -0.05) is 80.4 Å². The molecule has 34 heteroatoms. The van der Waals surface area contributed by atoms with Gasteiger partial charge >= 0.3 is 42.4 Å². The number of carbonyl (C=O) groups is 6. The van der Waals surface area contributed by atoms with Crippen LogP contribution in [-0.2, 0) is 76.2 Å². The number of aromatic carboxylic acids is 1. The Kier molecular flexibility index (Phi) is 30.0. The summed E-state index contributed by atoms with van der Waals surface area (Å²) in [5.74, 6) is -1.92. The number of carbonyl (C=O) groups excluding carboxylic acids is 4. The molecule has 6 aromatic rings. The van der Waals surface area contributed by atoms with Crippen LogP contribution in [0, 0.1) is 41.3 Å². The van der Waals surface area contributed by atoms with Gasteiger partial charge in [0, 0.05) is 61.0 Å². The van der Waals surface area contributed by atoms with Gasteiger partial charge in [-0.2, -0.15) is 39.5 Å². The molecule has 0 aromatic heterocycles. The number of piperidine rings is 3. The van der Waals surface area contributed by atoms with Crippen molar-refractivity contribution in [3.8, 4) is 17.2 Å². The van der Waals surface area contributed by atoms with Gasteiger partial charge < -0.3 is 64.0 Å². The van der Waals surface area contributed by atoms with Gasteiger partial charge in [0.05, 0.1) is 89.5 Å². The SMILES string of the molecule is CCOC(=O)c1cccc([C@H]2CCN([C@@H]3CC[C@@](C(=O)N4COc5c(F)cc(C(F)(F)F)cc5C4)(C4CC4)OC3)C[C@@H]2C)c1.CCOC(=O)c1cccc([C@H]2CCN([C@@H]3CC[C@@](C(=O)O)(C4CC4)OC3)C[C@@H]2C)c1.C[C@H]1CN([C@@H]2CC[C@@](C(=O)N3COc4c(Cl)cc(C(F)(F)F)cc4C3)(C3CC3)OC2)CC[C@@H]1c1cccc(C(=O)O)c1.NCc1cc(C(F)(F)F)cc(Cl)c1O. The molecule has 8 aliphatic heterocycles. The molecular formula is C96H112Cl2F10N6O16. The van der Waals surface area contributed by atoms with E-state index in [0.717, 1.165) is 152 Å². The summed E-state index contributed by atoms with van der Waals surface area (Å²) in [6.07, 6.45) is -1.39. The third-order valence-electron chi connectivity index (χ3n) is 28.1. The maximum Gasteiger partial charge on any atom is 0.416 e. The van der Waals surface area contributed by atoms with E-state index < -0.39 is 75.5 Å². The average Bonchev–Trinajstić information content (AvgIpc) is 1.58. The zero-order valence-electron chi connectivity index (χ0n) is 73.2. The van der Waals surface area contributed by atoms with Crippen molar-refractivity contribution in [1.29, 1.82) is 0 Å². The largest absolute Gasteiger partial charge is 0.506 e. The number of hydrogen-bond acceptors (Lipinski definition) is 18. The maximum atomic E-state index is 14.4. The highest BCUT2D eigenvalue weighted by Crippen LogP contribution is 2.54. The summed E-state index contributed by atoms with van der Waals surface area (Å²) in [6, 6.07) is 27.9. The first-order chi connectivity index (χ1) is 61.8. The van der Waals surface area contributed by atoms with E-state index in [-0.39, 0.29) is 131 Å². The average molecular weight is 1870 g/mol. The Hall–Kier alpha value is -8.86. The number of hydrogen-bond donors (Lipinski definition) is 4. The molecule has 3 aliphatic carbocycles. The molecule has 9 fully saturated rings. The first kappa shape index (κ1) is 97.2. The van der Waals surface area contributed by atoms with E-state index in [1.165, 1.54) is 15.4 Å². The second-order valence-corrected chi connectivity index (χ2v) is 37.5. The number of benzene rings is 6. The Labute approximate surface area is 758 Å². The molecule has 6 saturated heterocycles. The number of aromatic hydroxyl groups is 1. The number of phenols is 1. The van der Waals surface area contributed by atoms with Gasteiger partial charge in [-0.15, -0.1) is 0 Å². The van der Waals surface area contributed by atoms with Crippen molar-refractivity contribution in [2.24, 2.45) is 41.2 Å². The number of nitrogens with zero attached hydrogens (tertiary/aromatic N) is 5. The molecule has 6 aromatic carbocycles. The lowest BCUT2D eigenvalue weighted by molar-refractivity contribution is -0.183. The van der Waals surface area contributed by atoms with Gasteiger partial charge in [-0.3, -0.25) is 24.3 Å². The summed E-state index contributed by atoms with van der Waals surface area (Å²) in [4.78, 5) is 85.7. The lowest BCUT2D eigenvalue weighted by Gasteiger charge is -2.47. The molecule has 8 heterocycles. The smallest absolute Gasteiger partial charge is 0.416 e. The fourth-order valence-corrected chi connectivity index (χ4v) is 21.3. The number of fused-ring (bicyclic) bond motifs is 2. The molecule has 706 valence electrons.